The minimum Gasteiger partial charge on any atom is -0.323 e. The van der Waals surface area contributed by atoms with E-state index in [-0.39, 0.29) is 5.41 Å². The van der Waals surface area contributed by atoms with Crippen molar-refractivity contribution in [2.45, 2.75) is 66.2 Å². The predicted molar refractivity (Wildman–Crippen MR) is 89.0 cm³/mol. The molecular formula is C17H32N3O. The normalized spacial score (nSPS) is 17.8. The van der Waals surface area contributed by atoms with Gasteiger partial charge in [0.25, 0.3) is 0 Å². The van der Waals surface area contributed by atoms with Gasteiger partial charge in [0.2, 0.25) is 6.29 Å². The molecule has 0 aromatic heterocycles. The van der Waals surface area contributed by atoms with E-state index >= 15 is 0 Å². The maximum Gasteiger partial charge on any atom is 0.204 e. The molecule has 0 atom stereocenters. The maximum absolute atomic E-state index is 10.8. The molecule has 4 heteroatoms. The van der Waals surface area contributed by atoms with Crippen LogP contribution in [-0.4, -0.2) is 36.5 Å². The Morgan fingerprint density at radius 2 is 1.76 bits per heavy atom. The Morgan fingerprint density at radius 1 is 1.14 bits per heavy atom. The Bertz CT molecular complexity index is 351. The molecule has 1 saturated heterocycles. The molecule has 4 nitrogen and oxygen atoms in total. The van der Waals surface area contributed by atoms with Gasteiger partial charge in [-0.05, 0) is 31.2 Å². The van der Waals surface area contributed by atoms with Gasteiger partial charge >= 0.3 is 0 Å². The van der Waals surface area contributed by atoms with Crippen LogP contribution in [0.4, 0.5) is 0 Å². The minimum atomic E-state index is -0.291. The average molecular weight is 294 g/mol. The molecule has 1 radical (unpaired) electrons. The van der Waals surface area contributed by atoms with Crippen molar-refractivity contribution >= 4 is 12.0 Å². The fraction of sp³-hybridized carbons (Fsp3) is 0.882. The highest BCUT2D eigenvalue weighted by atomic mass is 16.1. The Labute approximate surface area is 130 Å². The van der Waals surface area contributed by atoms with E-state index < -0.39 is 0 Å². The van der Waals surface area contributed by atoms with E-state index in [9.17, 15) is 4.79 Å². The zero-order valence-corrected chi connectivity index (χ0v) is 14.2. The van der Waals surface area contributed by atoms with Crippen LogP contribution in [0.3, 0.4) is 0 Å². The van der Waals surface area contributed by atoms with Gasteiger partial charge in [-0.3, -0.25) is 4.79 Å². The van der Waals surface area contributed by atoms with Gasteiger partial charge in [-0.25, -0.2) is 0 Å². The first-order chi connectivity index (χ1) is 9.78. The monoisotopic (exact) mass is 294 g/mol. The van der Waals surface area contributed by atoms with Gasteiger partial charge in [-0.1, -0.05) is 34.1 Å². The lowest BCUT2D eigenvalue weighted by atomic mass is 9.80. The Kier molecular flexibility index (Phi) is 6.85. The van der Waals surface area contributed by atoms with Crippen molar-refractivity contribution in [3.05, 3.63) is 0 Å². The molecule has 0 amide bonds. The van der Waals surface area contributed by atoms with Gasteiger partial charge in [0, 0.05) is 37.1 Å². The first-order valence-electron chi connectivity index (χ1n) is 8.15. The highest BCUT2D eigenvalue weighted by molar-refractivity contribution is 5.85. The number of likely N-dealkylation sites (tertiary alicyclic amines) is 1. The largest absolute Gasteiger partial charge is 0.323 e. The highest BCUT2D eigenvalue weighted by Gasteiger charge is 2.23. The standard InChI is InChI=1S/C17H32N3O/c1-16(2,8-5-9-17(3,4)14-21)10-13-20-11-6-15(19-18)7-12-20/h5-13,18H2,1-4H3. The van der Waals surface area contributed by atoms with Gasteiger partial charge in [0.15, 0.2) is 0 Å². The summed E-state index contributed by atoms with van der Waals surface area (Å²) in [6.45, 7) is 11.9. The van der Waals surface area contributed by atoms with Gasteiger partial charge in [-0.2, -0.15) is 5.10 Å². The summed E-state index contributed by atoms with van der Waals surface area (Å²) < 4.78 is 0. The van der Waals surface area contributed by atoms with E-state index in [1.54, 1.807) is 0 Å². The fourth-order valence-corrected chi connectivity index (χ4v) is 2.81. The molecule has 0 saturated carbocycles. The third-order valence-electron chi connectivity index (χ3n) is 4.65. The third-order valence-corrected chi connectivity index (χ3v) is 4.65. The highest BCUT2D eigenvalue weighted by Crippen LogP contribution is 2.31. The lowest BCUT2D eigenvalue weighted by Gasteiger charge is -2.32. The molecule has 0 spiro atoms. The van der Waals surface area contributed by atoms with Crippen LogP contribution >= 0.6 is 0 Å². The van der Waals surface area contributed by atoms with Crippen LogP contribution in [0, 0.1) is 10.8 Å². The summed E-state index contributed by atoms with van der Waals surface area (Å²) in [4.78, 5) is 13.3. The van der Waals surface area contributed by atoms with E-state index in [2.05, 4.69) is 30.1 Å². The first kappa shape index (κ1) is 18.1. The molecule has 1 heterocycles. The van der Waals surface area contributed by atoms with E-state index in [1.165, 1.54) is 12.8 Å². The lowest BCUT2D eigenvalue weighted by Crippen LogP contribution is -2.36. The lowest BCUT2D eigenvalue weighted by molar-refractivity contribution is 0.202. The minimum absolute atomic E-state index is 0.291. The fourth-order valence-electron chi connectivity index (χ4n) is 2.81. The maximum atomic E-state index is 10.8. The zero-order valence-electron chi connectivity index (χ0n) is 14.2. The Balaban J connectivity index is 2.25. The topological polar surface area (TPSA) is 58.7 Å². The summed E-state index contributed by atoms with van der Waals surface area (Å²) >= 11 is 0. The van der Waals surface area contributed by atoms with Crippen molar-refractivity contribution in [1.29, 1.82) is 0 Å². The molecule has 2 N–H and O–H groups in total. The van der Waals surface area contributed by atoms with Crippen molar-refractivity contribution in [3.8, 4) is 0 Å². The number of carbonyl (C=O) groups excluding carboxylic acids is 1. The molecule has 0 aliphatic carbocycles. The van der Waals surface area contributed by atoms with Crippen LogP contribution in [-0.2, 0) is 4.79 Å². The first-order valence-corrected chi connectivity index (χ1v) is 8.15. The average Bonchev–Trinajstić information content (AvgIpc) is 2.45. The third kappa shape index (κ3) is 7.07. The summed E-state index contributed by atoms with van der Waals surface area (Å²) in [5, 5.41) is 3.82. The van der Waals surface area contributed by atoms with Gasteiger partial charge in [0.05, 0.1) is 0 Å². The number of nitrogens with two attached hydrogens (primary N) is 1. The molecule has 0 bridgehead atoms. The van der Waals surface area contributed by atoms with Crippen LogP contribution < -0.4 is 5.84 Å². The Morgan fingerprint density at radius 3 is 2.29 bits per heavy atom. The second-order valence-corrected chi connectivity index (χ2v) is 7.79. The van der Waals surface area contributed by atoms with Gasteiger partial charge < -0.3 is 10.7 Å². The van der Waals surface area contributed by atoms with Crippen LogP contribution in [0.2, 0.25) is 0 Å². The number of hydrazone groups is 1. The second-order valence-electron chi connectivity index (χ2n) is 7.79. The van der Waals surface area contributed by atoms with Crippen LogP contribution in [0.5, 0.6) is 0 Å². The summed E-state index contributed by atoms with van der Waals surface area (Å²) in [5.74, 6) is 5.34. The molecule has 1 fully saturated rings. The molecule has 1 rings (SSSR count). The molecule has 0 unspecified atom stereocenters. The Hall–Kier alpha value is -0.900. The quantitative estimate of drug-likeness (QED) is 0.553. The van der Waals surface area contributed by atoms with Gasteiger partial charge in [0.1, 0.15) is 0 Å². The van der Waals surface area contributed by atoms with E-state index in [4.69, 9.17) is 5.84 Å². The molecule has 1 aliphatic heterocycles. The molecule has 0 aromatic rings. The predicted octanol–water partition coefficient (Wildman–Crippen LogP) is 3.12. The van der Waals surface area contributed by atoms with E-state index in [0.717, 1.165) is 51.0 Å². The molecule has 21 heavy (non-hydrogen) atoms. The van der Waals surface area contributed by atoms with Crippen LogP contribution in [0.15, 0.2) is 5.10 Å². The second kappa shape index (κ2) is 7.92. The van der Waals surface area contributed by atoms with Crippen LogP contribution in [0.25, 0.3) is 0 Å². The summed E-state index contributed by atoms with van der Waals surface area (Å²) in [6.07, 6.45) is 8.57. The van der Waals surface area contributed by atoms with Crippen molar-refractivity contribution < 1.29 is 4.79 Å². The van der Waals surface area contributed by atoms with Gasteiger partial charge in [-0.15, -0.1) is 0 Å². The van der Waals surface area contributed by atoms with Crippen molar-refractivity contribution in [1.82, 2.24) is 4.90 Å². The summed E-state index contributed by atoms with van der Waals surface area (Å²) in [7, 11) is 0. The number of hydrogen-bond donors (Lipinski definition) is 1. The molecule has 0 aromatic carbocycles. The summed E-state index contributed by atoms with van der Waals surface area (Å²) in [5.41, 5.74) is 1.19. The molecular weight excluding hydrogens is 262 g/mol. The van der Waals surface area contributed by atoms with Crippen molar-refractivity contribution in [2.75, 3.05) is 19.6 Å². The van der Waals surface area contributed by atoms with E-state index in [1.807, 2.05) is 13.8 Å². The van der Waals surface area contributed by atoms with Crippen LogP contribution in [0.1, 0.15) is 66.2 Å². The smallest absolute Gasteiger partial charge is 0.204 e. The van der Waals surface area contributed by atoms with Crippen molar-refractivity contribution in [3.63, 3.8) is 0 Å². The molecule has 121 valence electrons. The zero-order chi connectivity index (χ0) is 15.9. The number of hydrogen-bond acceptors (Lipinski definition) is 4. The summed E-state index contributed by atoms with van der Waals surface area (Å²) in [6, 6.07) is 0. The number of rotatable bonds is 8. The number of piperidine rings is 1. The number of nitrogens with zero attached hydrogens (tertiary/aromatic N) is 2. The van der Waals surface area contributed by atoms with E-state index in [0.29, 0.717) is 5.41 Å². The SMILES string of the molecule is CC(C)([C]=O)CCCC(C)(C)CCN1CCC(=NN)CC1. The van der Waals surface area contributed by atoms with Crippen molar-refractivity contribution in [2.24, 2.45) is 21.8 Å². The molecule has 1 aliphatic rings.